The van der Waals surface area contributed by atoms with Crippen LogP contribution in [0.2, 0.25) is 0 Å². The first-order valence-corrected chi connectivity index (χ1v) is 15.6. The van der Waals surface area contributed by atoms with E-state index in [1.807, 2.05) is 0 Å². The number of alkyl carbamates (subject to hydrolysis) is 1. The molecule has 11 heteroatoms. The number of hydrogen-bond acceptors (Lipinski definition) is 9. The minimum atomic E-state index is -1.18. The summed E-state index contributed by atoms with van der Waals surface area (Å²) in [5, 5.41) is 26.6. The Bertz CT molecular complexity index is 1760. The van der Waals surface area contributed by atoms with Crippen molar-refractivity contribution in [3.8, 4) is 45.3 Å². The maximum atomic E-state index is 13.9. The molecule has 4 aromatic rings. The number of phenols is 2. The number of carbonyl (C=O) groups is 3. The minimum Gasteiger partial charge on any atom is -0.507 e. The zero-order valence-corrected chi connectivity index (χ0v) is 28.4. The highest BCUT2D eigenvalue weighted by Gasteiger charge is 2.30. The molecule has 0 spiro atoms. The number of aromatic hydroxyl groups is 2. The van der Waals surface area contributed by atoms with Crippen molar-refractivity contribution in [2.45, 2.75) is 51.3 Å². The third kappa shape index (κ3) is 9.90. The second-order valence-corrected chi connectivity index (χ2v) is 12.4. The Labute approximate surface area is 285 Å². The molecular formula is C38H42N2O9. The Kier molecular flexibility index (Phi) is 11.7. The number of hydrogen-bond donors (Lipinski definition) is 4. The molecule has 0 heterocycles. The van der Waals surface area contributed by atoms with Crippen molar-refractivity contribution in [1.29, 1.82) is 0 Å². The summed E-state index contributed by atoms with van der Waals surface area (Å²) in [5.41, 5.74) is 2.91. The van der Waals surface area contributed by atoms with Gasteiger partial charge in [0, 0.05) is 24.0 Å². The van der Waals surface area contributed by atoms with Gasteiger partial charge in [-0.1, -0.05) is 36.4 Å². The van der Waals surface area contributed by atoms with Gasteiger partial charge >= 0.3 is 12.1 Å². The summed E-state index contributed by atoms with van der Waals surface area (Å²) in [7, 11) is 4.34. The van der Waals surface area contributed by atoms with Gasteiger partial charge in [0.15, 0.2) is 0 Å². The molecular weight excluding hydrogens is 628 g/mol. The van der Waals surface area contributed by atoms with Crippen LogP contribution in [0.3, 0.4) is 0 Å². The summed E-state index contributed by atoms with van der Waals surface area (Å²) < 4.78 is 20.9. The van der Waals surface area contributed by atoms with Gasteiger partial charge in [0.25, 0.3) is 0 Å². The molecule has 0 saturated carbocycles. The maximum absolute atomic E-state index is 13.9. The molecule has 0 unspecified atom stereocenters. The molecule has 4 aromatic carbocycles. The van der Waals surface area contributed by atoms with Crippen LogP contribution in [0.1, 0.15) is 31.9 Å². The largest absolute Gasteiger partial charge is 0.507 e. The van der Waals surface area contributed by atoms with E-state index in [4.69, 9.17) is 18.9 Å². The van der Waals surface area contributed by atoms with E-state index in [0.29, 0.717) is 33.8 Å². The second-order valence-electron chi connectivity index (χ2n) is 12.4. The van der Waals surface area contributed by atoms with Gasteiger partial charge < -0.3 is 39.8 Å². The third-order valence-corrected chi connectivity index (χ3v) is 7.61. The number of ether oxygens (including phenoxy) is 4. The van der Waals surface area contributed by atoms with Crippen LogP contribution in [0.25, 0.3) is 22.3 Å². The number of nitrogens with one attached hydrogen (secondary N) is 2. The maximum Gasteiger partial charge on any atom is 0.408 e. The zero-order valence-electron chi connectivity index (χ0n) is 28.4. The fourth-order valence-corrected chi connectivity index (χ4v) is 5.16. The predicted molar refractivity (Wildman–Crippen MR) is 185 cm³/mol. The predicted octanol–water partition coefficient (Wildman–Crippen LogP) is 5.79. The summed E-state index contributed by atoms with van der Waals surface area (Å²) in [5.74, 6) is 0.0268. The quantitative estimate of drug-likeness (QED) is 0.137. The first-order chi connectivity index (χ1) is 23.3. The van der Waals surface area contributed by atoms with Gasteiger partial charge in [-0.15, -0.1) is 0 Å². The number of benzene rings is 4. The van der Waals surface area contributed by atoms with Crippen LogP contribution in [0.15, 0.2) is 84.9 Å². The van der Waals surface area contributed by atoms with Crippen molar-refractivity contribution in [3.63, 3.8) is 0 Å². The summed E-state index contributed by atoms with van der Waals surface area (Å²) >= 11 is 0. The first-order valence-electron chi connectivity index (χ1n) is 15.6. The van der Waals surface area contributed by atoms with E-state index in [1.165, 1.54) is 19.2 Å². The molecule has 0 aromatic heterocycles. The van der Waals surface area contributed by atoms with Crippen LogP contribution in [0, 0.1) is 0 Å². The molecule has 0 fully saturated rings. The molecule has 0 aliphatic heterocycles. The standard InChI is InChI=1S/C38H42N2O9/c1-38(2,3)49-37(45)40-31(21-23-7-17-33(41)29(19-23)25-9-13-27(46-4)14-10-25)35(43)39-32(36(44)48-6)22-24-8-18-34(42)30(20-24)26-11-15-28(47-5)16-12-26/h7-20,31-32,41-42H,21-22H2,1-6H3,(H,39,43)(H,40,45)/t31-,32-/m0/s1. The fourth-order valence-electron chi connectivity index (χ4n) is 5.16. The van der Waals surface area contributed by atoms with Crippen LogP contribution < -0.4 is 20.1 Å². The number of phenolic OH excluding ortho intramolecular Hbond substituents is 2. The van der Waals surface area contributed by atoms with E-state index < -0.39 is 35.7 Å². The lowest BCUT2D eigenvalue weighted by Gasteiger charge is -2.25. The summed E-state index contributed by atoms with van der Waals surface area (Å²) in [6.45, 7) is 5.11. The van der Waals surface area contributed by atoms with Crippen LogP contribution in [-0.2, 0) is 31.9 Å². The molecule has 2 atom stereocenters. The fraction of sp³-hybridized carbons (Fsp3) is 0.289. The minimum absolute atomic E-state index is 0.00321. The van der Waals surface area contributed by atoms with Crippen LogP contribution >= 0.6 is 0 Å². The molecule has 258 valence electrons. The van der Waals surface area contributed by atoms with Crippen molar-refractivity contribution in [2.75, 3.05) is 21.3 Å². The van der Waals surface area contributed by atoms with E-state index in [9.17, 15) is 24.6 Å². The van der Waals surface area contributed by atoms with E-state index in [0.717, 1.165) is 11.1 Å². The number of rotatable bonds is 12. The Morgan fingerprint density at radius 2 is 1.10 bits per heavy atom. The van der Waals surface area contributed by atoms with Gasteiger partial charge in [0.2, 0.25) is 5.91 Å². The van der Waals surface area contributed by atoms with Crippen molar-refractivity contribution in [1.82, 2.24) is 10.6 Å². The van der Waals surface area contributed by atoms with Gasteiger partial charge in [0.1, 0.15) is 40.7 Å². The van der Waals surface area contributed by atoms with E-state index in [-0.39, 0.29) is 24.3 Å². The number of esters is 1. The third-order valence-electron chi connectivity index (χ3n) is 7.61. The Morgan fingerprint density at radius 3 is 1.51 bits per heavy atom. The van der Waals surface area contributed by atoms with Gasteiger partial charge in [-0.05, 0) is 91.6 Å². The van der Waals surface area contributed by atoms with Gasteiger partial charge in [0.05, 0.1) is 21.3 Å². The Balaban J connectivity index is 1.61. The van der Waals surface area contributed by atoms with E-state index >= 15 is 0 Å². The zero-order chi connectivity index (χ0) is 35.7. The number of amides is 2. The normalized spacial score (nSPS) is 12.3. The van der Waals surface area contributed by atoms with Crippen molar-refractivity contribution < 1.29 is 43.5 Å². The van der Waals surface area contributed by atoms with Crippen molar-refractivity contribution in [2.24, 2.45) is 0 Å². The molecule has 0 aliphatic carbocycles. The summed E-state index contributed by atoms with van der Waals surface area (Å²) in [4.78, 5) is 39.7. The molecule has 0 saturated heterocycles. The van der Waals surface area contributed by atoms with E-state index in [2.05, 4.69) is 10.6 Å². The summed E-state index contributed by atoms with van der Waals surface area (Å²) in [6.07, 6.45) is -0.787. The van der Waals surface area contributed by atoms with Crippen molar-refractivity contribution >= 4 is 18.0 Å². The lowest BCUT2D eigenvalue weighted by atomic mass is 9.97. The van der Waals surface area contributed by atoms with E-state index in [1.54, 1.807) is 108 Å². The Morgan fingerprint density at radius 1 is 0.653 bits per heavy atom. The summed E-state index contributed by atoms with van der Waals surface area (Å²) in [6, 6.07) is 21.7. The highest BCUT2D eigenvalue weighted by molar-refractivity contribution is 5.90. The van der Waals surface area contributed by atoms with Crippen LogP contribution in [-0.4, -0.2) is 67.2 Å². The number of carbonyl (C=O) groups excluding carboxylic acids is 3. The van der Waals surface area contributed by atoms with Crippen molar-refractivity contribution in [3.05, 3.63) is 96.1 Å². The SMILES string of the molecule is COC(=O)[C@H](Cc1ccc(O)c(-c2ccc(OC)cc2)c1)NC(=O)[C@H](Cc1ccc(O)c(-c2ccc(OC)cc2)c1)NC(=O)OC(C)(C)C. The van der Waals surface area contributed by atoms with Crippen LogP contribution in [0.4, 0.5) is 4.79 Å². The van der Waals surface area contributed by atoms with Gasteiger partial charge in [-0.2, -0.15) is 0 Å². The average molecular weight is 671 g/mol. The highest BCUT2D eigenvalue weighted by Crippen LogP contribution is 2.33. The average Bonchev–Trinajstić information content (AvgIpc) is 3.08. The number of methoxy groups -OCH3 is 3. The molecule has 4 rings (SSSR count). The molecule has 0 bridgehead atoms. The molecule has 11 nitrogen and oxygen atoms in total. The molecule has 0 aliphatic rings. The topological polar surface area (TPSA) is 153 Å². The molecule has 0 radical (unpaired) electrons. The first kappa shape index (κ1) is 36.1. The van der Waals surface area contributed by atoms with Crippen LogP contribution in [0.5, 0.6) is 23.0 Å². The molecule has 4 N–H and O–H groups in total. The highest BCUT2D eigenvalue weighted by atomic mass is 16.6. The lowest BCUT2D eigenvalue weighted by Crippen LogP contribution is -2.53. The Hall–Kier alpha value is -5.71. The van der Waals surface area contributed by atoms with Gasteiger partial charge in [-0.3, -0.25) is 4.79 Å². The van der Waals surface area contributed by atoms with Gasteiger partial charge in [-0.25, -0.2) is 9.59 Å². The second kappa shape index (κ2) is 15.9. The molecule has 2 amide bonds. The smallest absolute Gasteiger partial charge is 0.408 e. The molecule has 49 heavy (non-hydrogen) atoms. The monoisotopic (exact) mass is 670 g/mol. The lowest BCUT2D eigenvalue weighted by molar-refractivity contribution is -0.145.